The van der Waals surface area contributed by atoms with Crippen LogP contribution in [0, 0.1) is 5.82 Å². The molecule has 7 nitrogen and oxygen atoms in total. The number of halogens is 1. The first kappa shape index (κ1) is 17.0. The average molecular weight is 391 g/mol. The number of carbonyl (C=O) groups is 1. The van der Waals surface area contributed by atoms with E-state index in [1.807, 2.05) is 0 Å². The van der Waals surface area contributed by atoms with Gasteiger partial charge in [0.25, 0.3) is 0 Å². The Hall–Kier alpha value is -2.46. The summed E-state index contributed by atoms with van der Waals surface area (Å²) in [5.74, 6) is -0.409. The van der Waals surface area contributed by atoms with Crippen molar-refractivity contribution in [2.75, 3.05) is 11.1 Å². The van der Waals surface area contributed by atoms with Crippen LogP contribution in [0.5, 0.6) is 0 Å². The number of anilines is 1. The minimum absolute atomic E-state index is 0.127. The number of hydrogen-bond donors (Lipinski definition) is 2. The Morgan fingerprint density at radius 2 is 2.15 bits per heavy atom. The SMILES string of the molecule is O=C(CSc1n[nH]c(=O)n1C1CC1)Nc1nc(-c2ccc(F)cc2)cs1. The Kier molecular flexibility index (Phi) is 4.60. The number of nitrogens with zero attached hydrogens (tertiary/aromatic N) is 3. The topological polar surface area (TPSA) is 92.7 Å². The predicted molar refractivity (Wildman–Crippen MR) is 98.0 cm³/mol. The van der Waals surface area contributed by atoms with Crippen molar-refractivity contribution in [2.24, 2.45) is 0 Å². The van der Waals surface area contributed by atoms with Crippen LogP contribution in [0.15, 0.2) is 39.6 Å². The van der Waals surface area contributed by atoms with Gasteiger partial charge in [-0.1, -0.05) is 11.8 Å². The molecule has 0 aliphatic heterocycles. The monoisotopic (exact) mass is 391 g/mol. The van der Waals surface area contributed by atoms with Gasteiger partial charge < -0.3 is 5.32 Å². The smallest absolute Gasteiger partial charge is 0.301 e. The van der Waals surface area contributed by atoms with E-state index in [-0.39, 0.29) is 29.2 Å². The highest BCUT2D eigenvalue weighted by Crippen LogP contribution is 2.36. The number of aromatic nitrogens is 4. The third-order valence-electron chi connectivity index (χ3n) is 3.81. The molecule has 2 aromatic heterocycles. The van der Waals surface area contributed by atoms with Gasteiger partial charge in [-0.05, 0) is 37.1 Å². The maximum Gasteiger partial charge on any atom is 0.344 e. The summed E-state index contributed by atoms with van der Waals surface area (Å²) in [6.45, 7) is 0. The molecule has 10 heteroatoms. The summed E-state index contributed by atoms with van der Waals surface area (Å²) in [5.41, 5.74) is 1.22. The van der Waals surface area contributed by atoms with Gasteiger partial charge in [0.05, 0.1) is 11.4 Å². The van der Waals surface area contributed by atoms with Crippen LogP contribution in [-0.4, -0.2) is 31.4 Å². The number of nitrogens with one attached hydrogen (secondary N) is 2. The first-order chi connectivity index (χ1) is 12.6. The number of benzene rings is 1. The Labute approximate surface area is 155 Å². The number of thiazole rings is 1. The molecule has 0 atom stereocenters. The van der Waals surface area contributed by atoms with Crippen molar-refractivity contribution in [2.45, 2.75) is 24.0 Å². The summed E-state index contributed by atoms with van der Waals surface area (Å²) in [4.78, 5) is 28.2. The first-order valence-corrected chi connectivity index (χ1v) is 9.78. The largest absolute Gasteiger partial charge is 0.344 e. The average Bonchev–Trinajstić information content (AvgIpc) is 3.24. The van der Waals surface area contributed by atoms with Crippen LogP contribution >= 0.6 is 23.1 Å². The van der Waals surface area contributed by atoms with E-state index in [4.69, 9.17) is 0 Å². The van der Waals surface area contributed by atoms with E-state index >= 15 is 0 Å². The molecule has 4 rings (SSSR count). The van der Waals surface area contributed by atoms with Gasteiger partial charge in [0.15, 0.2) is 10.3 Å². The molecule has 1 aliphatic carbocycles. The first-order valence-electron chi connectivity index (χ1n) is 7.91. The summed E-state index contributed by atoms with van der Waals surface area (Å²) >= 11 is 2.51. The summed E-state index contributed by atoms with van der Waals surface area (Å²) in [6, 6.07) is 6.21. The molecule has 0 spiro atoms. The van der Waals surface area contributed by atoms with E-state index in [0.717, 1.165) is 18.4 Å². The molecule has 1 amide bonds. The summed E-state index contributed by atoms with van der Waals surface area (Å²) in [6.07, 6.45) is 1.93. The fourth-order valence-corrected chi connectivity index (χ4v) is 3.97. The lowest BCUT2D eigenvalue weighted by atomic mass is 10.2. The summed E-state index contributed by atoms with van der Waals surface area (Å²) < 4.78 is 14.6. The van der Waals surface area contributed by atoms with Gasteiger partial charge in [-0.25, -0.2) is 19.3 Å². The van der Waals surface area contributed by atoms with E-state index in [1.54, 1.807) is 22.1 Å². The zero-order valence-corrected chi connectivity index (χ0v) is 15.1. The zero-order chi connectivity index (χ0) is 18.1. The Morgan fingerprint density at radius 3 is 2.88 bits per heavy atom. The Bertz CT molecular complexity index is 991. The second-order valence-corrected chi connectivity index (χ2v) is 7.59. The highest BCUT2D eigenvalue weighted by molar-refractivity contribution is 7.99. The molecule has 0 bridgehead atoms. The van der Waals surface area contributed by atoms with Crippen molar-refractivity contribution >= 4 is 34.1 Å². The van der Waals surface area contributed by atoms with E-state index < -0.39 is 0 Å². The molecule has 26 heavy (non-hydrogen) atoms. The normalized spacial score (nSPS) is 13.7. The third kappa shape index (κ3) is 3.70. The molecule has 1 fully saturated rings. The Balaban J connectivity index is 1.37. The fraction of sp³-hybridized carbons (Fsp3) is 0.250. The van der Waals surface area contributed by atoms with Gasteiger partial charge in [0.1, 0.15) is 5.82 Å². The molecule has 3 aromatic rings. The lowest BCUT2D eigenvalue weighted by Crippen LogP contribution is -2.17. The quantitative estimate of drug-likeness (QED) is 0.631. The summed E-state index contributed by atoms with van der Waals surface area (Å²) in [7, 11) is 0. The molecule has 0 unspecified atom stereocenters. The maximum absolute atomic E-state index is 13.0. The molecule has 0 radical (unpaired) electrons. The van der Waals surface area contributed by atoms with Crippen molar-refractivity contribution in [3.63, 3.8) is 0 Å². The van der Waals surface area contributed by atoms with Crippen LogP contribution in [0.3, 0.4) is 0 Å². The van der Waals surface area contributed by atoms with E-state index in [2.05, 4.69) is 20.5 Å². The van der Waals surface area contributed by atoms with Crippen molar-refractivity contribution in [3.8, 4) is 11.3 Å². The van der Waals surface area contributed by atoms with Crippen LogP contribution in [0.25, 0.3) is 11.3 Å². The molecule has 2 heterocycles. The molecular weight excluding hydrogens is 377 g/mol. The molecule has 1 aliphatic rings. The van der Waals surface area contributed by atoms with Crippen molar-refractivity contribution in [1.29, 1.82) is 0 Å². The highest BCUT2D eigenvalue weighted by atomic mass is 32.2. The van der Waals surface area contributed by atoms with Crippen LogP contribution in [0.1, 0.15) is 18.9 Å². The number of amides is 1. The molecule has 1 saturated carbocycles. The van der Waals surface area contributed by atoms with Gasteiger partial charge >= 0.3 is 5.69 Å². The van der Waals surface area contributed by atoms with E-state index in [9.17, 15) is 14.0 Å². The van der Waals surface area contributed by atoms with Crippen LogP contribution in [-0.2, 0) is 4.79 Å². The molecule has 2 N–H and O–H groups in total. The minimum atomic E-state index is -0.308. The van der Waals surface area contributed by atoms with Gasteiger partial charge in [0.2, 0.25) is 5.91 Å². The van der Waals surface area contributed by atoms with Gasteiger partial charge in [0, 0.05) is 17.0 Å². The number of thioether (sulfide) groups is 1. The number of carbonyl (C=O) groups excluding carboxylic acids is 1. The van der Waals surface area contributed by atoms with Crippen molar-refractivity contribution < 1.29 is 9.18 Å². The second-order valence-electron chi connectivity index (χ2n) is 5.79. The van der Waals surface area contributed by atoms with Gasteiger partial charge in [-0.15, -0.1) is 16.4 Å². The van der Waals surface area contributed by atoms with Crippen molar-refractivity contribution in [1.82, 2.24) is 19.7 Å². The van der Waals surface area contributed by atoms with Crippen LogP contribution in [0.2, 0.25) is 0 Å². The molecule has 134 valence electrons. The Morgan fingerprint density at radius 1 is 1.38 bits per heavy atom. The molecule has 1 aromatic carbocycles. The van der Waals surface area contributed by atoms with Gasteiger partial charge in [-0.3, -0.25) is 9.36 Å². The zero-order valence-electron chi connectivity index (χ0n) is 13.4. The molecule has 0 saturated heterocycles. The third-order valence-corrected chi connectivity index (χ3v) is 5.52. The van der Waals surface area contributed by atoms with Gasteiger partial charge in [-0.2, -0.15) is 0 Å². The molecular formula is C16H14FN5O2S2. The number of aromatic amines is 1. The fourth-order valence-electron chi connectivity index (χ4n) is 2.42. The summed E-state index contributed by atoms with van der Waals surface area (Å²) in [5, 5.41) is 11.9. The number of H-pyrrole nitrogens is 1. The van der Waals surface area contributed by atoms with E-state index in [0.29, 0.717) is 16.0 Å². The predicted octanol–water partition coefficient (Wildman–Crippen LogP) is 2.90. The number of hydrogen-bond acceptors (Lipinski definition) is 6. The van der Waals surface area contributed by atoms with Crippen LogP contribution < -0.4 is 11.0 Å². The highest BCUT2D eigenvalue weighted by Gasteiger charge is 2.28. The standard InChI is InChI=1S/C16H14FN5O2S2/c17-10-3-1-9(2-4-10)12-7-25-14(18-12)19-13(23)8-26-16-21-20-15(24)22(16)11-5-6-11/h1-4,7,11H,5-6,8H2,(H,20,24)(H,18,19,23). The number of rotatable bonds is 6. The lowest BCUT2D eigenvalue weighted by Gasteiger charge is -2.03. The van der Waals surface area contributed by atoms with Crippen LogP contribution in [0.4, 0.5) is 9.52 Å². The maximum atomic E-state index is 13.0. The second kappa shape index (κ2) is 7.04. The van der Waals surface area contributed by atoms with E-state index in [1.165, 1.54) is 35.2 Å². The lowest BCUT2D eigenvalue weighted by molar-refractivity contribution is -0.113. The minimum Gasteiger partial charge on any atom is -0.301 e. The van der Waals surface area contributed by atoms with Crippen molar-refractivity contribution in [3.05, 3.63) is 45.9 Å².